The van der Waals surface area contributed by atoms with Crippen LogP contribution in [0, 0.1) is 0 Å². The van der Waals surface area contributed by atoms with Crippen LogP contribution in [0.15, 0.2) is 30.3 Å². The molecule has 0 aliphatic heterocycles. The summed E-state index contributed by atoms with van der Waals surface area (Å²) in [7, 11) is 1.60. The Morgan fingerprint density at radius 1 is 1.42 bits per heavy atom. The lowest BCUT2D eigenvalue weighted by molar-refractivity contribution is 0.475. The summed E-state index contributed by atoms with van der Waals surface area (Å²) >= 11 is 0. The summed E-state index contributed by atoms with van der Waals surface area (Å²) < 4.78 is 9.16. The normalized spacial score (nSPS) is 7.75. The Bertz CT molecular complexity index is 201. The van der Waals surface area contributed by atoms with Crippen LogP contribution in [0.2, 0.25) is 0 Å². The molecule has 0 aliphatic carbocycles. The van der Waals surface area contributed by atoms with Gasteiger partial charge in [0, 0.05) is 1.43 Å². The van der Waals surface area contributed by atoms with Crippen LogP contribution in [0.5, 0.6) is 5.75 Å². The molecule has 0 spiro atoms. The minimum absolute atomic E-state index is 0. The van der Waals surface area contributed by atoms with Gasteiger partial charge in [-0.25, -0.2) is 5.09 Å². The number of phenols is 1. The summed E-state index contributed by atoms with van der Waals surface area (Å²) in [5.74, 6) is 0.322. The molecule has 2 N–H and O–H groups in total. The molecule has 0 heterocycles. The van der Waals surface area contributed by atoms with Crippen molar-refractivity contribution in [1.29, 1.82) is 0 Å². The minimum Gasteiger partial charge on any atom is -0.508 e. The molecular weight excluding hydrogens is 197 g/mol. The van der Waals surface area contributed by atoms with Gasteiger partial charge in [-0.1, -0.05) is 18.2 Å². The average molecular weight is 210 g/mol. The molecule has 1 aromatic carbocycles. The highest BCUT2D eigenvalue weighted by molar-refractivity contribution is 7.20. The largest absolute Gasteiger partial charge is 0.508 e. The second kappa shape index (κ2) is 10.4. The van der Waals surface area contributed by atoms with E-state index in [9.17, 15) is 0 Å². The van der Waals surface area contributed by atoms with Crippen LogP contribution in [-0.2, 0) is 4.57 Å². The second-order valence-electron chi connectivity index (χ2n) is 1.65. The van der Waals surface area contributed by atoms with E-state index in [-0.39, 0.29) is 22.4 Å². The Morgan fingerprint density at radius 2 is 1.83 bits per heavy atom. The van der Waals surface area contributed by atoms with Gasteiger partial charge in [-0.15, -0.1) is 12.4 Å². The van der Waals surface area contributed by atoms with Crippen LogP contribution >= 0.6 is 21.0 Å². The van der Waals surface area contributed by atoms with Crippen molar-refractivity contribution in [3.8, 4) is 5.75 Å². The first-order valence-corrected chi connectivity index (χ1v) is 3.85. The van der Waals surface area contributed by atoms with Crippen molar-refractivity contribution in [2.24, 2.45) is 0 Å². The molecule has 0 saturated heterocycles. The molecule has 0 bridgehead atoms. The maximum atomic E-state index is 9.16. The molecular formula is C7H13ClNO2P. The molecule has 0 atom stereocenters. The lowest BCUT2D eigenvalue weighted by Gasteiger charge is -1.82. The third-order valence-electron chi connectivity index (χ3n) is 0.847. The Labute approximate surface area is 81.0 Å². The van der Waals surface area contributed by atoms with Crippen molar-refractivity contribution in [3.63, 3.8) is 0 Å². The molecule has 0 saturated carbocycles. The zero-order chi connectivity index (χ0) is 8.53. The monoisotopic (exact) mass is 209 g/mol. The van der Waals surface area contributed by atoms with Gasteiger partial charge < -0.3 is 5.11 Å². The van der Waals surface area contributed by atoms with Gasteiger partial charge in [0.25, 0.3) is 0 Å². The van der Waals surface area contributed by atoms with E-state index in [1.165, 1.54) is 0 Å². The lowest BCUT2D eigenvalue weighted by Crippen LogP contribution is -1.77. The molecule has 0 radical (unpaired) electrons. The predicted octanol–water partition coefficient (Wildman–Crippen LogP) is 2.47. The summed E-state index contributed by atoms with van der Waals surface area (Å²) in [5, 5.41) is 11.0. The highest BCUT2D eigenvalue weighted by atomic mass is 35.5. The number of halogens is 1. The highest BCUT2D eigenvalue weighted by Gasteiger charge is 1.74. The molecule has 0 aromatic heterocycles. The number of aromatic hydroxyl groups is 1. The van der Waals surface area contributed by atoms with E-state index in [1.807, 2.05) is 6.07 Å². The summed E-state index contributed by atoms with van der Waals surface area (Å²) in [6, 6.07) is 8.71. The Kier molecular flexibility index (Phi) is 12.0. The van der Waals surface area contributed by atoms with Gasteiger partial charge in [0.15, 0.2) is 0 Å². The number of hydrogen-bond acceptors (Lipinski definition) is 2. The fourth-order valence-electron chi connectivity index (χ4n) is 0.428. The van der Waals surface area contributed by atoms with Crippen molar-refractivity contribution >= 4 is 21.0 Å². The van der Waals surface area contributed by atoms with Crippen LogP contribution in [-0.4, -0.2) is 12.2 Å². The molecule has 70 valence electrons. The van der Waals surface area contributed by atoms with Gasteiger partial charge in [0.2, 0.25) is 8.61 Å². The van der Waals surface area contributed by atoms with Crippen LogP contribution in [0.1, 0.15) is 1.43 Å². The molecule has 0 aliphatic rings. The standard InChI is InChI=1S/C6H6O.CH4NOP.ClH.H2/c7-6-4-2-1-3-5-6;1-2-4-3;;/h1-5,7H;1H3,(H,2,3);2*1H. The van der Waals surface area contributed by atoms with Crippen molar-refractivity contribution < 1.29 is 11.1 Å². The van der Waals surface area contributed by atoms with Gasteiger partial charge in [-0.2, -0.15) is 0 Å². The van der Waals surface area contributed by atoms with Crippen LogP contribution in [0.25, 0.3) is 0 Å². The van der Waals surface area contributed by atoms with E-state index >= 15 is 0 Å². The van der Waals surface area contributed by atoms with Gasteiger partial charge in [0.05, 0.1) is 0 Å². The van der Waals surface area contributed by atoms with Gasteiger partial charge in [0.1, 0.15) is 5.75 Å². The first-order chi connectivity index (χ1) is 5.31. The Morgan fingerprint density at radius 3 is 2.00 bits per heavy atom. The van der Waals surface area contributed by atoms with Gasteiger partial charge >= 0.3 is 0 Å². The predicted molar refractivity (Wildman–Crippen MR) is 54.1 cm³/mol. The molecule has 0 amide bonds. The Balaban J connectivity index is -0.000000150. The van der Waals surface area contributed by atoms with Gasteiger partial charge in [-0.05, 0) is 19.2 Å². The van der Waals surface area contributed by atoms with E-state index in [1.54, 1.807) is 31.3 Å². The lowest BCUT2D eigenvalue weighted by atomic mass is 10.3. The fraction of sp³-hybridized carbons (Fsp3) is 0.143. The van der Waals surface area contributed by atoms with Crippen molar-refractivity contribution in [3.05, 3.63) is 30.3 Å². The van der Waals surface area contributed by atoms with E-state index < -0.39 is 0 Å². The third kappa shape index (κ3) is 9.37. The maximum Gasteiger partial charge on any atom is 0.245 e. The zero-order valence-corrected chi connectivity index (χ0v) is 8.31. The number of nitrogens with one attached hydrogen (secondary N) is 1. The number of para-hydroxylation sites is 1. The maximum absolute atomic E-state index is 9.16. The summed E-state index contributed by atoms with van der Waals surface area (Å²) in [5.41, 5.74) is 0. The number of benzene rings is 1. The van der Waals surface area contributed by atoms with E-state index in [0.29, 0.717) is 5.75 Å². The third-order valence-corrected chi connectivity index (χ3v) is 1.03. The fourth-order valence-corrected chi connectivity index (χ4v) is 0.428. The Hall–Kier alpha value is -0.630. The van der Waals surface area contributed by atoms with Crippen LogP contribution in [0.3, 0.4) is 0 Å². The van der Waals surface area contributed by atoms with E-state index in [2.05, 4.69) is 5.09 Å². The smallest absolute Gasteiger partial charge is 0.245 e. The summed E-state index contributed by atoms with van der Waals surface area (Å²) in [6.45, 7) is 0. The molecule has 0 fully saturated rings. The van der Waals surface area contributed by atoms with Crippen LogP contribution in [0.4, 0.5) is 0 Å². The minimum atomic E-state index is -0.00154. The topological polar surface area (TPSA) is 49.3 Å². The van der Waals surface area contributed by atoms with Gasteiger partial charge in [-0.3, -0.25) is 4.57 Å². The quantitative estimate of drug-likeness (QED) is 0.699. The van der Waals surface area contributed by atoms with Crippen molar-refractivity contribution in [2.75, 3.05) is 7.05 Å². The van der Waals surface area contributed by atoms with Crippen LogP contribution < -0.4 is 5.09 Å². The highest BCUT2D eigenvalue weighted by Crippen LogP contribution is 2.02. The number of phenolic OH excluding ortho intramolecular Hbond substituents is 1. The first kappa shape index (κ1) is 13.9. The first-order valence-electron chi connectivity index (χ1n) is 3.04. The van der Waals surface area contributed by atoms with Crippen molar-refractivity contribution in [1.82, 2.24) is 5.09 Å². The number of rotatable bonds is 1. The second-order valence-corrected chi connectivity index (χ2v) is 2.28. The average Bonchev–Trinajstić information content (AvgIpc) is 2.07. The van der Waals surface area contributed by atoms with E-state index in [4.69, 9.17) is 9.67 Å². The molecule has 5 heteroatoms. The summed E-state index contributed by atoms with van der Waals surface area (Å²) in [6.07, 6.45) is 0. The van der Waals surface area contributed by atoms with E-state index in [0.717, 1.165) is 0 Å². The number of hydrogen-bond donors (Lipinski definition) is 2. The molecule has 12 heavy (non-hydrogen) atoms. The molecule has 1 rings (SSSR count). The summed E-state index contributed by atoms with van der Waals surface area (Å²) in [4.78, 5) is 0. The molecule has 3 nitrogen and oxygen atoms in total. The zero-order valence-electron chi connectivity index (χ0n) is 6.60. The molecule has 1 aromatic rings. The van der Waals surface area contributed by atoms with Crippen molar-refractivity contribution in [2.45, 2.75) is 0 Å². The molecule has 0 unspecified atom stereocenters. The SMILES string of the molecule is CNP=O.Cl.Oc1ccccc1.[HH].